The molecule has 5 nitrogen and oxygen atoms in total. The van der Waals surface area contributed by atoms with Gasteiger partial charge in [-0.05, 0) is 26.2 Å². The Morgan fingerprint density at radius 1 is 1.50 bits per heavy atom. The number of furan rings is 1. The molecule has 6 heteroatoms. The summed E-state index contributed by atoms with van der Waals surface area (Å²) in [7, 11) is -3.51. The fourth-order valence-electron chi connectivity index (χ4n) is 2.58. The van der Waals surface area contributed by atoms with E-state index in [1.807, 2.05) is 13.8 Å². The van der Waals surface area contributed by atoms with Crippen molar-refractivity contribution in [2.75, 3.05) is 6.54 Å². The number of aliphatic hydroxyl groups is 1. The first kappa shape index (κ1) is 13.6. The Labute approximate surface area is 107 Å². The molecule has 1 aromatic heterocycles. The smallest absolute Gasteiger partial charge is 0.246 e. The SMILES string of the molecule is Cc1oc(CO)cc1S(=O)(=O)N1CC(C)CC1C. The highest BCUT2D eigenvalue weighted by Gasteiger charge is 2.37. The van der Waals surface area contributed by atoms with E-state index in [-0.39, 0.29) is 23.3 Å². The molecule has 1 N–H and O–H groups in total. The Morgan fingerprint density at radius 2 is 2.17 bits per heavy atom. The summed E-state index contributed by atoms with van der Waals surface area (Å²) in [6.45, 7) is 5.83. The second kappa shape index (κ2) is 4.68. The lowest BCUT2D eigenvalue weighted by atomic mass is 10.1. The van der Waals surface area contributed by atoms with Gasteiger partial charge in [0.1, 0.15) is 23.0 Å². The molecular formula is C12H19NO4S. The van der Waals surface area contributed by atoms with E-state index in [4.69, 9.17) is 9.52 Å². The molecule has 0 spiro atoms. The predicted octanol–water partition coefficient (Wildman–Crippen LogP) is 1.50. The maximum Gasteiger partial charge on any atom is 0.246 e. The van der Waals surface area contributed by atoms with Crippen LogP contribution in [0, 0.1) is 12.8 Å². The summed E-state index contributed by atoms with van der Waals surface area (Å²) < 4.78 is 31.8. The lowest BCUT2D eigenvalue weighted by Gasteiger charge is -2.20. The van der Waals surface area contributed by atoms with E-state index in [1.54, 1.807) is 6.92 Å². The maximum atomic E-state index is 12.5. The Bertz CT molecular complexity index is 534. The average Bonchev–Trinajstić information content (AvgIpc) is 2.82. The number of sulfonamides is 1. The standard InChI is InChI=1S/C12H19NO4S/c1-8-4-9(2)13(6-8)18(15,16)12-5-11(7-14)17-10(12)3/h5,8-9,14H,4,6-7H2,1-3H3. The summed E-state index contributed by atoms with van der Waals surface area (Å²) in [6, 6.07) is 1.43. The minimum absolute atomic E-state index is 0.0110. The molecule has 18 heavy (non-hydrogen) atoms. The van der Waals surface area contributed by atoms with Gasteiger partial charge in [0.2, 0.25) is 10.0 Å². The van der Waals surface area contributed by atoms with E-state index >= 15 is 0 Å². The molecule has 102 valence electrons. The molecular weight excluding hydrogens is 254 g/mol. The summed E-state index contributed by atoms with van der Waals surface area (Å²) in [5.41, 5.74) is 0. The van der Waals surface area contributed by atoms with Gasteiger partial charge >= 0.3 is 0 Å². The van der Waals surface area contributed by atoms with Crippen LogP contribution in [-0.4, -0.2) is 30.4 Å². The number of aryl methyl sites for hydroxylation is 1. The van der Waals surface area contributed by atoms with Gasteiger partial charge in [0.25, 0.3) is 0 Å². The lowest BCUT2D eigenvalue weighted by Crippen LogP contribution is -2.34. The normalized spacial score (nSPS) is 25.8. The fraction of sp³-hybridized carbons (Fsp3) is 0.667. The van der Waals surface area contributed by atoms with Crippen LogP contribution >= 0.6 is 0 Å². The fourth-order valence-corrected chi connectivity index (χ4v) is 4.53. The van der Waals surface area contributed by atoms with E-state index in [1.165, 1.54) is 10.4 Å². The molecule has 2 rings (SSSR count). The van der Waals surface area contributed by atoms with Crippen molar-refractivity contribution in [3.63, 3.8) is 0 Å². The first-order valence-electron chi connectivity index (χ1n) is 6.08. The van der Waals surface area contributed by atoms with Crippen molar-refractivity contribution in [1.82, 2.24) is 4.31 Å². The molecule has 1 aromatic rings. The van der Waals surface area contributed by atoms with E-state index < -0.39 is 10.0 Å². The second-order valence-corrected chi connectivity index (χ2v) is 6.91. The minimum Gasteiger partial charge on any atom is -0.462 e. The highest BCUT2D eigenvalue weighted by Crippen LogP contribution is 2.31. The van der Waals surface area contributed by atoms with Gasteiger partial charge in [-0.2, -0.15) is 4.31 Å². The van der Waals surface area contributed by atoms with Gasteiger partial charge in [0, 0.05) is 18.7 Å². The zero-order chi connectivity index (χ0) is 13.5. The molecule has 0 aromatic carbocycles. The highest BCUT2D eigenvalue weighted by atomic mass is 32.2. The molecule has 0 radical (unpaired) electrons. The topological polar surface area (TPSA) is 70.8 Å². The van der Waals surface area contributed by atoms with Crippen LogP contribution in [-0.2, 0) is 16.6 Å². The first-order valence-corrected chi connectivity index (χ1v) is 7.52. The Balaban J connectivity index is 2.39. The Morgan fingerprint density at radius 3 is 2.61 bits per heavy atom. The van der Waals surface area contributed by atoms with E-state index in [0.717, 1.165) is 6.42 Å². The summed E-state index contributed by atoms with van der Waals surface area (Å²) in [5.74, 6) is 0.996. The predicted molar refractivity (Wildman–Crippen MR) is 66.5 cm³/mol. The van der Waals surface area contributed by atoms with Gasteiger partial charge < -0.3 is 9.52 Å². The molecule has 0 aliphatic carbocycles. The number of nitrogens with zero attached hydrogens (tertiary/aromatic N) is 1. The summed E-state index contributed by atoms with van der Waals surface area (Å²) in [4.78, 5) is 0.174. The quantitative estimate of drug-likeness (QED) is 0.906. The first-order chi connectivity index (χ1) is 8.36. The van der Waals surface area contributed by atoms with Crippen LogP contribution < -0.4 is 0 Å². The minimum atomic E-state index is -3.51. The van der Waals surface area contributed by atoms with E-state index in [0.29, 0.717) is 18.2 Å². The third-order valence-corrected chi connectivity index (χ3v) is 5.48. The molecule has 2 atom stereocenters. The third kappa shape index (κ3) is 2.20. The van der Waals surface area contributed by atoms with Gasteiger partial charge in [-0.3, -0.25) is 0 Å². The molecule has 0 amide bonds. The van der Waals surface area contributed by atoms with Crippen LogP contribution in [0.4, 0.5) is 0 Å². The molecule has 2 unspecified atom stereocenters. The van der Waals surface area contributed by atoms with Crippen molar-refractivity contribution in [1.29, 1.82) is 0 Å². The van der Waals surface area contributed by atoms with E-state index in [9.17, 15) is 8.42 Å². The monoisotopic (exact) mass is 273 g/mol. The molecule has 0 bridgehead atoms. The largest absolute Gasteiger partial charge is 0.462 e. The summed E-state index contributed by atoms with van der Waals surface area (Å²) >= 11 is 0. The molecule has 1 fully saturated rings. The van der Waals surface area contributed by atoms with Crippen LogP contribution in [0.5, 0.6) is 0 Å². The van der Waals surface area contributed by atoms with Crippen LogP contribution in [0.2, 0.25) is 0 Å². The highest BCUT2D eigenvalue weighted by molar-refractivity contribution is 7.89. The molecule has 1 aliphatic heterocycles. The van der Waals surface area contributed by atoms with E-state index in [2.05, 4.69) is 0 Å². The van der Waals surface area contributed by atoms with Crippen LogP contribution in [0.15, 0.2) is 15.4 Å². The van der Waals surface area contributed by atoms with Crippen molar-refractivity contribution in [2.24, 2.45) is 5.92 Å². The van der Waals surface area contributed by atoms with Crippen molar-refractivity contribution in [3.8, 4) is 0 Å². The number of hydrogen-bond acceptors (Lipinski definition) is 4. The maximum absolute atomic E-state index is 12.5. The zero-order valence-corrected chi connectivity index (χ0v) is 11.7. The lowest BCUT2D eigenvalue weighted by molar-refractivity contribution is 0.244. The van der Waals surface area contributed by atoms with Gasteiger partial charge in [0.15, 0.2) is 0 Å². The van der Waals surface area contributed by atoms with Gasteiger partial charge in [-0.15, -0.1) is 0 Å². The zero-order valence-electron chi connectivity index (χ0n) is 10.9. The molecule has 1 aliphatic rings. The van der Waals surface area contributed by atoms with Crippen LogP contribution in [0.25, 0.3) is 0 Å². The van der Waals surface area contributed by atoms with Crippen molar-refractivity contribution >= 4 is 10.0 Å². The van der Waals surface area contributed by atoms with Gasteiger partial charge in [0.05, 0.1) is 0 Å². The average molecular weight is 273 g/mol. The van der Waals surface area contributed by atoms with Crippen molar-refractivity contribution < 1.29 is 17.9 Å². The third-order valence-electron chi connectivity index (χ3n) is 3.39. The van der Waals surface area contributed by atoms with Crippen LogP contribution in [0.3, 0.4) is 0 Å². The number of hydrogen-bond donors (Lipinski definition) is 1. The van der Waals surface area contributed by atoms with Gasteiger partial charge in [-0.1, -0.05) is 6.92 Å². The van der Waals surface area contributed by atoms with Crippen molar-refractivity contribution in [2.45, 2.75) is 44.7 Å². The summed E-state index contributed by atoms with van der Waals surface area (Å²) in [6.07, 6.45) is 0.878. The summed E-state index contributed by atoms with van der Waals surface area (Å²) in [5, 5.41) is 9.00. The van der Waals surface area contributed by atoms with Crippen molar-refractivity contribution in [3.05, 3.63) is 17.6 Å². The molecule has 2 heterocycles. The number of aliphatic hydroxyl groups excluding tert-OH is 1. The Kier molecular flexibility index (Phi) is 3.53. The second-order valence-electron chi connectivity index (χ2n) is 5.06. The van der Waals surface area contributed by atoms with Gasteiger partial charge in [-0.25, -0.2) is 8.42 Å². The molecule has 1 saturated heterocycles. The van der Waals surface area contributed by atoms with Crippen LogP contribution in [0.1, 0.15) is 31.8 Å². The number of rotatable bonds is 3. The Hall–Kier alpha value is -0.850. The molecule has 0 saturated carbocycles.